The fraction of sp³-hybridized carbons (Fsp3) is 0.250. The van der Waals surface area contributed by atoms with Crippen LogP contribution in [-0.2, 0) is 11.3 Å². The van der Waals surface area contributed by atoms with E-state index in [0.29, 0.717) is 6.61 Å². The Hall–Kier alpha value is -1.34. The molecule has 1 aromatic carbocycles. The number of aliphatic hydroxyl groups is 1. The van der Waals surface area contributed by atoms with Gasteiger partial charge in [-0.1, -0.05) is 36.9 Å². The van der Waals surface area contributed by atoms with Crippen molar-refractivity contribution in [1.82, 2.24) is 0 Å². The Balaban J connectivity index is 2.25. The monoisotopic (exact) mass is 190 g/mol. The summed E-state index contributed by atoms with van der Waals surface area (Å²) in [7, 11) is 0. The van der Waals surface area contributed by atoms with Crippen LogP contribution in [0, 0.1) is 0 Å². The molecule has 1 aromatic rings. The summed E-state index contributed by atoms with van der Waals surface area (Å²) in [6.07, 6.45) is 0.863. The third-order valence-corrected chi connectivity index (χ3v) is 1.71. The van der Waals surface area contributed by atoms with Crippen LogP contribution in [0.15, 0.2) is 48.7 Å². The van der Waals surface area contributed by atoms with E-state index in [1.54, 1.807) is 0 Å². The average molecular weight is 190 g/mol. The fourth-order valence-electron chi connectivity index (χ4n) is 1.06. The van der Waals surface area contributed by atoms with Crippen LogP contribution in [0.5, 0.6) is 0 Å². The molecular weight excluding hydrogens is 176 g/mol. The van der Waals surface area contributed by atoms with Crippen molar-refractivity contribution in [3.63, 3.8) is 0 Å². The van der Waals surface area contributed by atoms with Crippen LogP contribution in [0.1, 0.15) is 5.56 Å². The predicted molar refractivity (Wildman–Crippen MR) is 55.8 cm³/mol. The first-order valence-corrected chi connectivity index (χ1v) is 4.48. The third kappa shape index (κ3) is 4.06. The lowest BCUT2D eigenvalue weighted by Gasteiger charge is -2.06. The molecule has 2 nitrogen and oxygen atoms in total. The van der Waals surface area contributed by atoms with E-state index in [1.165, 1.54) is 6.08 Å². The maximum atomic E-state index is 9.24. The Bertz CT molecular complexity index is 299. The average Bonchev–Trinajstić information content (AvgIpc) is 2.20. The molecule has 0 unspecified atom stereocenters. The van der Waals surface area contributed by atoms with Crippen LogP contribution in [0.25, 0.3) is 0 Å². The zero-order chi connectivity index (χ0) is 10.2. The minimum absolute atomic E-state index is 0.275. The molecular formula is C12H14O2. The highest BCUT2D eigenvalue weighted by atomic mass is 16.5. The van der Waals surface area contributed by atoms with E-state index in [2.05, 4.69) is 12.3 Å². The summed E-state index contributed by atoms with van der Waals surface area (Å²) in [6.45, 7) is 4.16. The molecule has 1 rings (SSSR count). The molecule has 0 spiro atoms. The predicted octanol–water partition coefficient (Wildman–Crippen LogP) is 1.91. The van der Waals surface area contributed by atoms with Crippen molar-refractivity contribution >= 4 is 0 Å². The van der Waals surface area contributed by atoms with Gasteiger partial charge in [0.2, 0.25) is 0 Å². The number of ether oxygens (including phenoxy) is 1. The number of hydrogen-bond acceptors (Lipinski definition) is 2. The van der Waals surface area contributed by atoms with Gasteiger partial charge in [-0.2, -0.15) is 0 Å². The summed E-state index contributed by atoms with van der Waals surface area (Å²) in [5.41, 5.74) is 3.61. The first kappa shape index (κ1) is 10.7. The van der Waals surface area contributed by atoms with Gasteiger partial charge in [-0.25, -0.2) is 0 Å². The summed E-state index contributed by atoms with van der Waals surface area (Å²) in [5, 5.41) is 9.24. The van der Waals surface area contributed by atoms with Crippen molar-refractivity contribution in [1.29, 1.82) is 0 Å². The highest BCUT2D eigenvalue weighted by Gasteiger charge is 1.98. The van der Waals surface area contributed by atoms with Crippen LogP contribution >= 0.6 is 0 Å². The largest absolute Gasteiger partial charge is 0.386 e. The minimum atomic E-state index is -0.615. The van der Waals surface area contributed by atoms with Gasteiger partial charge < -0.3 is 9.84 Å². The Kier molecular flexibility index (Phi) is 4.73. The van der Waals surface area contributed by atoms with Gasteiger partial charge in [0.1, 0.15) is 6.10 Å². The van der Waals surface area contributed by atoms with E-state index in [4.69, 9.17) is 4.74 Å². The normalized spacial score (nSPS) is 11.8. The lowest BCUT2D eigenvalue weighted by molar-refractivity contribution is 0.0504. The Morgan fingerprint density at radius 2 is 2.14 bits per heavy atom. The zero-order valence-electron chi connectivity index (χ0n) is 8.02. The fourth-order valence-corrected chi connectivity index (χ4v) is 1.06. The lowest BCUT2D eigenvalue weighted by atomic mass is 10.2. The second kappa shape index (κ2) is 6.17. The Morgan fingerprint density at radius 3 is 2.79 bits per heavy atom. The van der Waals surface area contributed by atoms with Gasteiger partial charge in [0, 0.05) is 0 Å². The topological polar surface area (TPSA) is 29.5 Å². The second-order valence-electron chi connectivity index (χ2n) is 2.94. The van der Waals surface area contributed by atoms with Crippen molar-refractivity contribution in [2.75, 3.05) is 6.61 Å². The Morgan fingerprint density at radius 1 is 1.43 bits per heavy atom. The smallest absolute Gasteiger partial charge is 0.103 e. The summed E-state index contributed by atoms with van der Waals surface area (Å²) in [4.78, 5) is 0. The van der Waals surface area contributed by atoms with Crippen molar-refractivity contribution in [2.24, 2.45) is 0 Å². The van der Waals surface area contributed by atoms with E-state index >= 15 is 0 Å². The van der Waals surface area contributed by atoms with Crippen LogP contribution in [-0.4, -0.2) is 17.8 Å². The van der Waals surface area contributed by atoms with E-state index in [-0.39, 0.29) is 6.61 Å². The first-order chi connectivity index (χ1) is 6.83. The quantitative estimate of drug-likeness (QED) is 0.719. The second-order valence-corrected chi connectivity index (χ2v) is 2.94. The Labute approximate surface area is 84.1 Å². The van der Waals surface area contributed by atoms with Gasteiger partial charge in [0.15, 0.2) is 0 Å². The maximum absolute atomic E-state index is 9.24. The molecule has 0 fully saturated rings. The highest BCUT2D eigenvalue weighted by molar-refractivity contribution is 5.13. The molecule has 0 saturated heterocycles. The molecule has 0 bridgehead atoms. The lowest BCUT2D eigenvalue weighted by Crippen LogP contribution is -2.11. The van der Waals surface area contributed by atoms with Gasteiger partial charge in [-0.3, -0.25) is 0 Å². The molecule has 0 aromatic heterocycles. The van der Waals surface area contributed by atoms with Gasteiger partial charge >= 0.3 is 0 Å². The van der Waals surface area contributed by atoms with Crippen molar-refractivity contribution < 1.29 is 9.84 Å². The molecule has 0 aliphatic heterocycles. The molecule has 14 heavy (non-hydrogen) atoms. The number of aliphatic hydroxyl groups excluding tert-OH is 1. The molecule has 0 aliphatic carbocycles. The maximum Gasteiger partial charge on any atom is 0.103 e. The van der Waals surface area contributed by atoms with E-state index in [9.17, 15) is 5.11 Å². The summed E-state index contributed by atoms with van der Waals surface area (Å²) >= 11 is 0. The van der Waals surface area contributed by atoms with Crippen LogP contribution in [0.2, 0.25) is 0 Å². The molecule has 0 amide bonds. The standard InChI is InChI=1S/C12H14O2/c1-2-6-12(13)10-14-9-11-7-4-3-5-8-11/h3-8,12-13H,1,9-10H2/t12-/m1/s1. The summed E-state index contributed by atoms with van der Waals surface area (Å²) < 4.78 is 5.28. The molecule has 0 aliphatic rings. The molecule has 0 radical (unpaired) electrons. The van der Waals surface area contributed by atoms with E-state index < -0.39 is 6.10 Å². The van der Waals surface area contributed by atoms with Crippen molar-refractivity contribution in [3.05, 3.63) is 54.3 Å². The number of benzene rings is 1. The van der Waals surface area contributed by atoms with E-state index in [1.807, 2.05) is 30.3 Å². The molecule has 74 valence electrons. The van der Waals surface area contributed by atoms with Gasteiger partial charge in [-0.15, -0.1) is 5.73 Å². The highest BCUT2D eigenvalue weighted by Crippen LogP contribution is 2.00. The van der Waals surface area contributed by atoms with E-state index in [0.717, 1.165) is 5.56 Å². The minimum Gasteiger partial charge on any atom is -0.386 e. The van der Waals surface area contributed by atoms with Gasteiger partial charge in [-0.05, 0) is 11.6 Å². The first-order valence-electron chi connectivity index (χ1n) is 4.48. The van der Waals surface area contributed by atoms with Crippen molar-refractivity contribution in [3.8, 4) is 0 Å². The van der Waals surface area contributed by atoms with Crippen LogP contribution in [0.4, 0.5) is 0 Å². The van der Waals surface area contributed by atoms with Gasteiger partial charge in [0.05, 0.1) is 13.2 Å². The van der Waals surface area contributed by atoms with Crippen LogP contribution in [0.3, 0.4) is 0 Å². The number of rotatable bonds is 5. The third-order valence-electron chi connectivity index (χ3n) is 1.71. The van der Waals surface area contributed by atoms with Crippen LogP contribution < -0.4 is 0 Å². The van der Waals surface area contributed by atoms with Gasteiger partial charge in [0.25, 0.3) is 0 Å². The molecule has 1 N–H and O–H groups in total. The molecule has 2 heteroatoms. The summed E-state index contributed by atoms with van der Waals surface area (Å²) in [6, 6.07) is 9.84. The molecule has 0 saturated carbocycles. The van der Waals surface area contributed by atoms with Crippen molar-refractivity contribution in [2.45, 2.75) is 12.7 Å². The zero-order valence-corrected chi connectivity index (χ0v) is 8.02. The summed E-state index contributed by atoms with van der Waals surface area (Å²) in [5.74, 6) is 0. The SMILES string of the molecule is C=C=C[C@@H](O)COCc1ccccc1. The number of hydrogen-bond donors (Lipinski definition) is 1. The molecule has 0 heterocycles. The molecule has 1 atom stereocenters.